The molecule has 142 valence electrons. The third kappa shape index (κ3) is 3.01. The van der Waals surface area contributed by atoms with Crippen LogP contribution in [-0.2, 0) is 11.3 Å². The van der Waals surface area contributed by atoms with Gasteiger partial charge in [-0.3, -0.25) is 4.79 Å². The Morgan fingerprint density at radius 2 is 2.14 bits per heavy atom. The van der Waals surface area contributed by atoms with Crippen molar-refractivity contribution in [2.24, 2.45) is 0 Å². The number of carbonyl (C=O) groups excluding carboxylic acids is 1. The van der Waals surface area contributed by atoms with Crippen LogP contribution in [-0.4, -0.2) is 27.6 Å². The van der Waals surface area contributed by atoms with E-state index in [-0.39, 0.29) is 12.5 Å². The summed E-state index contributed by atoms with van der Waals surface area (Å²) in [4.78, 5) is 20.7. The Kier molecular flexibility index (Phi) is 4.04. The molecule has 1 aliphatic carbocycles. The lowest BCUT2D eigenvalue weighted by Crippen LogP contribution is -2.18. The quantitative estimate of drug-likeness (QED) is 0.543. The van der Waals surface area contributed by atoms with E-state index in [0.717, 1.165) is 39.2 Å². The van der Waals surface area contributed by atoms with E-state index in [2.05, 4.69) is 15.3 Å². The summed E-state index contributed by atoms with van der Waals surface area (Å²) in [7, 11) is 1.65. The maximum absolute atomic E-state index is 12.6. The van der Waals surface area contributed by atoms with Gasteiger partial charge in [-0.25, -0.2) is 4.98 Å². The summed E-state index contributed by atoms with van der Waals surface area (Å²) >= 11 is 0. The lowest BCUT2D eigenvalue weighted by molar-refractivity contribution is -0.116. The van der Waals surface area contributed by atoms with Crippen LogP contribution in [0.1, 0.15) is 31.0 Å². The summed E-state index contributed by atoms with van der Waals surface area (Å²) in [6.07, 6.45) is 5.62. The molecule has 6 nitrogen and oxygen atoms in total. The van der Waals surface area contributed by atoms with E-state index in [1.165, 1.54) is 19.3 Å². The van der Waals surface area contributed by atoms with Crippen LogP contribution in [0.2, 0.25) is 0 Å². The highest BCUT2D eigenvalue weighted by atomic mass is 16.5. The number of hydrogen-bond acceptors (Lipinski definition) is 3. The molecule has 0 atom stereocenters. The van der Waals surface area contributed by atoms with Crippen LogP contribution in [0.15, 0.2) is 48.7 Å². The maximum atomic E-state index is 12.6. The Morgan fingerprint density at radius 3 is 2.93 bits per heavy atom. The smallest absolute Gasteiger partial charge is 0.244 e. The second kappa shape index (κ2) is 6.71. The van der Waals surface area contributed by atoms with Crippen LogP contribution in [0.4, 0.5) is 5.69 Å². The molecular formula is C22H22N4O2. The van der Waals surface area contributed by atoms with Crippen molar-refractivity contribution in [1.82, 2.24) is 14.5 Å². The number of ether oxygens (including phenoxy) is 1. The highest BCUT2D eigenvalue weighted by molar-refractivity contribution is 5.94. The molecule has 0 saturated heterocycles. The monoisotopic (exact) mass is 374 g/mol. The van der Waals surface area contributed by atoms with Gasteiger partial charge in [0.1, 0.15) is 18.1 Å². The van der Waals surface area contributed by atoms with Gasteiger partial charge in [-0.1, -0.05) is 6.42 Å². The second-order valence-electron chi connectivity index (χ2n) is 7.40. The van der Waals surface area contributed by atoms with Gasteiger partial charge in [0.15, 0.2) is 0 Å². The molecule has 1 aliphatic rings. The average molecular weight is 374 g/mol. The largest absolute Gasteiger partial charge is 0.497 e. The number of rotatable bonds is 5. The van der Waals surface area contributed by atoms with Crippen molar-refractivity contribution >= 4 is 33.5 Å². The molecule has 2 N–H and O–H groups in total. The first-order chi connectivity index (χ1) is 13.7. The summed E-state index contributed by atoms with van der Waals surface area (Å²) in [5, 5.41) is 4.04. The van der Waals surface area contributed by atoms with Crippen LogP contribution < -0.4 is 10.1 Å². The molecule has 0 spiro atoms. The summed E-state index contributed by atoms with van der Waals surface area (Å²) in [6, 6.07) is 13.7. The van der Waals surface area contributed by atoms with Crippen molar-refractivity contribution < 1.29 is 9.53 Å². The molecule has 2 heterocycles. The number of fused-ring (bicyclic) bond motifs is 2. The minimum absolute atomic E-state index is 0.0635. The molecule has 6 heteroatoms. The molecule has 1 fully saturated rings. The number of hydrogen-bond donors (Lipinski definition) is 2. The van der Waals surface area contributed by atoms with Crippen LogP contribution in [0, 0.1) is 0 Å². The highest BCUT2D eigenvalue weighted by Crippen LogP contribution is 2.35. The van der Waals surface area contributed by atoms with Gasteiger partial charge in [0.2, 0.25) is 5.91 Å². The van der Waals surface area contributed by atoms with Crippen molar-refractivity contribution in [3.05, 3.63) is 54.5 Å². The Bertz CT molecular complexity index is 1170. The van der Waals surface area contributed by atoms with Gasteiger partial charge in [0, 0.05) is 28.7 Å². The predicted octanol–water partition coefficient (Wildman–Crippen LogP) is 4.43. The van der Waals surface area contributed by atoms with Crippen molar-refractivity contribution in [2.75, 3.05) is 12.4 Å². The van der Waals surface area contributed by atoms with Gasteiger partial charge in [-0.2, -0.15) is 0 Å². The lowest BCUT2D eigenvalue weighted by atomic mass is 9.85. The van der Waals surface area contributed by atoms with E-state index in [0.29, 0.717) is 5.92 Å². The number of nitrogens with one attached hydrogen (secondary N) is 2. The number of aromatic nitrogens is 3. The molecule has 1 saturated carbocycles. The number of carbonyl (C=O) groups is 1. The molecule has 1 amide bonds. The second-order valence-corrected chi connectivity index (χ2v) is 7.40. The first-order valence-corrected chi connectivity index (χ1v) is 9.62. The van der Waals surface area contributed by atoms with E-state index in [1.807, 2.05) is 53.2 Å². The van der Waals surface area contributed by atoms with Crippen LogP contribution in [0.25, 0.3) is 21.9 Å². The molecule has 0 aliphatic heterocycles. The number of amides is 1. The number of H-pyrrole nitrogens is 1. The Hall–Kier alpha value is -3.28. The van der Waals surface area contributed by atoms with Crippen molar-refractivity contribution in [1.29, 1.82) is 0 Å². The molecule has 28 heavy (non-hydrogen) atoms. The molecule has 0 unspecified atom stereocenters. The zero-order chi connectivity index (χ0) is 19.1. The fourth-order valence-corrected chi connectivity index (χ4v) is 3.78. The number of nitrogens with zero attached hydrogens (tertiary/aromatic N) is 2. The molecule has 2 aromatic carbocycles. The fraction of sp³-hybridized carbons (Fsp3) is 0.273. The molecule has 0 bridgehead atoms. The molecule has 4 aromatic rings. The zero-order valence-electron chi connectivity index (χ0n) is 15.7. The average Bonchev–Trinajstić information content (AvgIpc) is 3.23. The Balaban J connectivity index is 1.32. The lowest BCUT2D eigenvalue weighted by Gasteiger charge is -2.22. The summed E-state index contributed by atoms with van der Waals surface area (Å²) in [5.74, 6) is 2.38. The molecular weight excluding hydrogens is 352 g/mol. The normalized spacial score (nSPS) is 14.3. The van der Waals surface area contributed by atoms with E-state index in [4.69, 9.17) is 4.74 Å². The zero-order valence-corrected chi connectivity index (χ0v) is 15.7. The first-order valence-electron chi connectivity index (χ1n) is 9.62. The Morgan fingerprint density at radius 1 is 1.25 bits per heavy atom. The standard InChI is InChI=1S/C22H22N4O2/c1-28-17-6-8-20-15(11-17)9-10-26(20)13-21(27)23-16-5-7-18-19(12-16)25-22(24-18)14-3-2-4-14/h5-12,14H,2-4,13H2,1H3,(H,23,27)(H,24,25). The molecule has 5 rings (SSSR count). The van der Waals surface area contributed by atoms with Gasteiger partial charge in [-0.05, 0) is 55.3 Å². The van der Waals surface area contributed by atoms with Crippen LogP contribution in [0.5, 0.6) is 5.75 Å². The maximum Gasteiger partial charge on any atom is 0.244 e. The van der Waals surface area contributed by atoms with Crippen LogP contribution >= 0.6 is 0 Å². The number of anilines is 1. The number of methoxy groups -OCH3 is 1. The van der Waals surface area contributed by atoms with E-state index in [1.54, 1.807) is 7.11 Å². The van der Waals surface area contributed by atoms with Gasteiger partial charge in [0.25, 0.3) is 0 Å². The highest BCUT2D eigenvalue weighted by Gasteiger charge is 2.22. The van der Waals surface area contributed by atoms with Gasteiger partial charge < -0.3 is 19.6 Å². The number of benzene rings is 2. The third-order valence-corrected chi connectivity index (χ3v) is 5.57. The van der Waals surface area contributed by atoms with Crippen molar-refractivity contribution in [3.8, 4) is 5.75 Å². The predicted molar refractivity (Wildman–Crippen MR) is 110 cm³/mol. The Labute approximate surface area is 162 Å². The first kappa shape index (κ1) is 16.9. The van der Waals surface area contributed by atoms with Crippen molar-refractivity contribution in [3.63, 3.8) is 0 Å². The van der Waals surface area contributed by atoms with Gasteiger partial charge in [-0.15, -0.1) is 0 Å². The summed E-state index contributed by atoms with van der Waals surface area (Å²) in [5.41, 5.74) is 3.70. The third-order valence-electron chi connectivity index (χ3n) is 5.57. The fourth-order valence-electron chi connectivity index (χ4n) is 3.78. The topological polar surface area (TPSA) is 71.9 Å². The molecule has 2 aromatic heterocycles. The van der Waals surface area contributed by atoms with Gasteiger partial charge >= 0.3 is 0 Å². The molecule has 0 radical (unpaired) electrons. The van der Waals surface area contributed by atoms with E-state index in [9.17, 15) is 4.79 Å². The van der Waals surface area contributed by atoms with E-state index >= 15 is 0 Å². The van der Waals surface area contributed by atoms with Crippen molar-refractivity contribution in [2.45, 2.75) is 31.7 Å². The minimum atomic E-state index is -0.0635. The van der Waals surface area contributed by atoms with E-state index < -0.39 is 0 Å². The minimum Gasteiger partial charge on any atom is -0.497 e. The van der Waals surface area contributed by atoms with Crippen LogP contribution in [0.3, 0.4) is 0 Å². The summed E-state index contributed by atoms with van der Waals surface area (Å²) < 4.78 is 7.20. The van der Waals surface area contributed by atoms with Gasteiger partial charge in [0.05, 0.1) is 18.1 Å². The summed E-state index contributed by atoms with van der Waals surface area (Å²) in [6.45, 7) is 0.254. The number of aromatic amines is 1. The SMILES string of the molecule is COc1ccc2c(ccn2CC(=O)Nc2ccc3nc(C4CCC4)[nH]c3c2)c1. The number of imidazole rings is 1.